The van der Waals surface area contributed by atoms with Gasteiger partial charge in [-0.2, -0.15) is 0 Å². The second-order valence-electron chi connectivity index (χ2n) is 3.96. The zero-order valence-corrected chi connectivity index (χ0v) is 10.8. The normalized spacial score (nSPS) is 9.89. The lowest BCUT2D eigenvalue weighted by Crippen LogP contribution is -2.40. The molecule has 1 rings (SSSR count). The van der Waals surface area contributed by atoms with Gasteiger partial charge in [0, 0.05) is 19.3 Å². The number of hydrogen-bond donors (Lipinski definition) is 1. The van der Waals surface area contributed by atoms with Crippen LogP contribution >= 0.6 is 0 Å². The van der Waals surface area contributed by atoms with Crippen molar-refractivity contribution in [3.63, 3.8) is 0 Å². The smallest absolute Gasteiger partial charge is 0.315 e. The van der Waals surface area contributed by atoms with Gasteiger partial charge < -0.3 is 10.2 Å². The summed E-state index contributed by atoms with van der Waals surface area (Å²) in [6.45, 7) is 5.16. The van der Waals surface area contributed by atoms with E-state index in [1.165, 1.54) is 0 Å². The molecule has 98 valence electrons. The van der Waals surface area contributed by atoms with Crippen LogP contribution in [0.5, 0.6) is 0 Å². The third kappa shape index (κ3) is 4.16. The molecular weight excluding hydrogens is 230 g/mol. The fraction of sp³-hybridized carbons (Fsp3) is 0.462. The fourth-order valence-corrected chi connectivity index (χ4v) is 1.60. The molecule has 0 bridgehead atoms. The van der Waals surface area contributed by atoms with E-state index < -0.39 is 11.8 Å². The first-order valence-corrected chi connectivity index (χ1v) is 6.20. The highest BCUT2D eigenvalue weighted by atomic mass is 16.2. The molecule has 18 heavy (non-hydrogen) atoms. The van der Waals surface area contributed by atoms with Gasteiger partial charge in [-0.15, -0.1) is 0 Å². The summed E-state index contributed by atoms with van der Waals surface area (Å²) in [6.07, 6.45) is 3.24. The SMILES string of the molecule is CCCN(CCC)C(=O)C(=O)Nc1ccccn1. The van der Waals surface area contributed by atoms with Crippen molar-refractivity contribution in [1.82, 2.24) is 9.88 Å². The summed E-state index contributed by atoms with van der Waals surface area (Å²) in [5.74, 6) is -0.733. The number of rotatable bonds is 5. The zero-order chi connectivity index (χ0) is 13.4. The highest BCUT2D eigenvalue weighted by Crippen LogP contribution is 2.02. The number of pyridine rings is 1. The van der Waals surface area contributed by atoms with Crippen molar-refractivity contribution in [3.05, 3.63) is 24.4 Å². The molecular formula is C13H19N3O2. The molecule has 1 N–H and O–H groups in total. The van der Waals surface area contributed by atoms with E-state index in [0.717, 1.165) is 12.8 Å². The molecule has 0 saturated heterocycles. The number of amides is 2. The lowest BCUT2D eigenvalue weighted by molar-refractivity contribution is -0.143. The van der Waals surface area contributed by atoms with Crippen molar-refractivity contribution in [2.75, 3.05) is 18.4 Å². The second-order valence-corrected chi connectivity index (χ2v) is 3.96. The lowest BCUT2D eigenvalue weighted by Gasteiger charge is -2.20. The highest BCUT2D eigenvalue weighted by Gasteiger charge is 2.20. The third-order valence-electron chi connectivity index (χ3n) is 2.37. The summed E-state index contributed by atoms with van der Waals surface area (Å²) in [6, 6.07) is 5.15. The number of carbonyl (C=O) groups excluding carboxylic acids is 2. The van der Waals surface area contributed by atoms with Crippen LogP contribution in [0.4, 0.5) is 5.82 Å². The summed E-state index contributed by atoms with van der Waals surface area (Å²) in [4.78, 5) is 29.2. The Bertz CT molecular complexity index is 386. The van der Waals surface area contributed by atoms with Gasteiger partial charge in [-0.1, -0.05) is 19.9 Å². The number of nitrogens with zero attached hydrogens (tertiary/aromatic N) is 2. The Morgan fingerprint density at radius 3 is 2.39 bits per heavy atom. The molecule has 0 fully saturated rings. The van der Waals surface area contributed by atoms with Crippen LogP contribution in [0.25, 0.3) is 0 Å². The van der Waals surface area contributed by atoms with Crippen LogP contribution < -0.4 is 5.32 Å². The van der Waals surface area contributed by atoms with E-state index in [1.807, 2.05) is 13.8 Å². The number of anilines is 1. The molecule has 0 aliphatic carbocycles. The van der Waals surface area contributed by atoms with Gasteiger partial charge >= 0.3 is 11.8 Å². The average molecular weight is 249 g/mol. The van der Waals surface area contributed by atoms with Crippen LogP contribution in [0.2, 0.25) is 0 Å². The molecule has 0 aliphatic rings. The van der Waals surface area contributed by atoms with Crippen LogP contribution in [-0.4, -0.2) is 34.8 Å². The maximum Gasteiger partial charge on any atom is 0.315 e. The molecule has 0 radical (unpaired) electrons. The predicted octanol–water partition coefficient (Wildman–Crippen LogP) is 1.67. The summed E-state index contributed by atoms with van der Waals surface area (Å²) in [5, 5.41) is 2.50. The maximum absolute atomic E-state index is 11.9. The summed E-state index contributed by atoms with van der Waals surface area (Å²) < 4.78 is 0. The van der Waals surface area contributed by atoms with E-state index in [1.54, 1.807) is 29.3 Å². The summed E-state index contributed by atoms with van der Waals surface area (Å²) in [5.41, 5.74) is 0. The Balaban J connectivity index is 2.62. The van der Waals surface area contributed by atoms with Crippen molar-refractivity contribution in [2.45, 2.75) is 26.7 Å². The Morgan fingerprint density at radius 2 is 1.89 bits per heavy atom. The average Bonchev–Trinajstić information content (AvgIpc) is 2.39. The monoisotopic (exact) mass is 249 g/mol. The number of nitrogens with one attached hydrogen (secondary N) is 1. The Hall–Kier alpha value is -1.91. The van der Waals surface area contributed by atoms with Crippen LogP contribution in [0.15, 0.2) is 24.4 Å². The minimum absolute atomic E-state index is 0.392. The van der Waals surface area contributed by atoms with Crippen molar-refractivity contribution in [1.29, 1.82) is 0 Å². The summed E-state index contributed by atoms with van der Waals surface area (Å²) in [7, 11) is 0. The van der Waals surface area contributed by atoms with Crippen LogP contribution in [0.1, 0.15) is 26.7 Å². The van der Waals surface area contributed by atoms with E-state index in [-0.39, 0.29) is 0 Å². The van der Waals surface area contributed by atoms with Gasteiger partial charge in [0.2, 0.25) is 0 Å². The van der Waals surface area contributed by atoms with Gasteiger partial charge in [0.1, 0.15) is 5.82 Å². The first-order chi connectivity index (χ1) is 8.69. The first-order valence-electron chi connectivity index (χ1n) is 6.20. The van der Waals surface area contributed by atoms with Gasteiger partial charge in [-0.3, -0.25) is 9.59 Å². The van der Waals surface area contributed by atoms with Crippen LogP contribution in [0.3, 0.4) is 0 Å². The van der Waals surface area contributed by atoms with Gasteiger partial charge in [0.25, 0.3) is 0 Å². The molecule has 2 amide bonds. The van der Waals surface area contributed by atoms with Gasteiger partial charge in [0.15, 0.2) is 0 Å². The van der Waals surface area contributed by atoms with Crippen molar-refractivity contribution in [3.8, 4) is 0 Å². The number of carbonyl (C=O) groups is 2. The van der Waals surface area contributed by atoms with Crippen LogP contribution in [-0.2, 0) is 9.59 Å². The molecule has 1 heterocycles. The zero-order valence-electron chi connectivity index (χ0n) is 10.8. The van der Waals surface area contributed by atoms with E-state index in [0.29, 0.717) is 18.9 Å². The Kier molecular flexibility index (Phi) is 5.84. The molecule has 0 unspecified atom stereocenters. The molecule has 0 atom stereocenters. The largest absolute Gasteiger partial charge is 0.334 e. The molecule has 5 nitrogen and oxygen atoms in total. The molecule has 0 aliphatic heterocycles. The van der Waals surface area contributed by atoms with E-state index >= 15 is 0 Å². The van der Waals surface area contributed by atoms with E-state index in [2.05, 4.69) is 10.3 Å². The maximum atomic E-state index is 11.9. The number of aromatic nitrogens is 1. The lowest BCUT2D eigenvalue weighted by atomic mass is 10.3. The molecule has 0 aromatic carbocycles. The standard InChI is InChI=1S/C13H19N3O2/c1-3-9-16(10-4-2)13(18)12(17)15-11-7-5-6-8-14-11/h5-8H,3-4,9-10H2,1-2H3,(H,14,15,17). The second kappa shape index (κ2) is 7.42. The van der Waals surface area contributed by atoms with E-state index in [4.69, 9.17) is 0 Å². The van der Waals surface area contributed by atoms with Crippen molar-refractivity contribution in [2.24, 2.45) is 0 Å². The van der Waals surface area contributed by atoms with Gasteiger partial charge in [0.05, 0.1) is 0 Å². The minimum atomic E-state index is -0.629. The summed E-state index contributed by atoms with van der Waals surface area (Å²) >= 11 is 0. The third-order valence-corrected chi connectivity index (χ3v) is 2.37. The topological polar surface area (TPSA) is 62.3 Å². The van der Waals surface area contributed by atoms with Gasteiger partial charge in [-0.25, -0.2) is 4.98 Å². The fourth-order valence-electron chi connectivity index (χ4n) is 1.60. The van der Waals surface area contributed by atoms with Crippen molar-refractivity contribution >= 4 is 17.6 Å². The minimum Gasteiger partial charge on any atom is -0.334 e. The molecule has 0 spiro atoms. The Morgan fingerprint density at radius 1 is 1.22 bits per heavy atom. The molecule has 5 heteroatoms. The molecule has 1 aromatic rings. The molecule has 0 saturated carbocycles. The predicted molar refractivity (Wildman–Crippen MR) is 70.0 cm³/mol. The van der Waals surface area contributed by atoms with Crippen LogP contribution in [0, 0.1) is 0 Å². The highest BCUT2D eigenvalue weighted by molar-refractivity contribution is 6.39. The van der Waals surface area contributed by atoms with Gasteiger partial charge in [-0.05, 0) is 25.0 Å². The first kappa shape index (κ1) is 14.2. The number of hydrogen-bond acceptors (Lipinski definition) is 3. The Labute approximate surface area is 107 Å². The molecule has 1 aromatic heterocycles. The quantitative estimate of drug-likeness (QED) is 0.807. The van der Waals surface area contributed by atoms with E-state index in [9.17, 15) is 9.59 Å². The van der Waals surface area contributed by atoms with Crippen molar-refractivity contribution < 1.29 is 9.59 Å².